The summed E-state index contributed by atoms with van der Waals surface area (Å²) in [6, 6.07) is 2.26. The van der Waals surface area contributed by atoms with E-state index in [1.807, 2.05) is 0 Å². The van der Waals surface area contributed by atoms with Crippen molar-refractivity contribution in [2.24, 2.45) is 0 Å². The van der Waals surface area contributed by atoms with Crippen LogP contribution in [0.3, 0.4) is 0 Å². The molecule has 0 fully saturated rings. The Labute approximate surface area is 141 Å². The van der Waals surface area contributed by atoms with Crippen molar-refractivity contribution in [1.82, 2.24) is 0 Å². The van der Waals surface area contributed by atoms with E-state index in [9.17, 15) is 18.4 Å². The molecule has 0 unspecified atom stereocenters. The van der Waals surface area contributed by atoms with Crippen LogP contribution >= 0.6 is 0 Å². The van der Waals surface area contributed by atoms with Gasteiger partial charge in [0.2, 0.25) is 0 Å². The highest BCUT2D eigenvalue weighted by Gasteiger charge is 2.18. The highest BCUT2D eigenvalue weighted by atomic mass is 19.1. The highest BCUT2D eigenvalue weighted by Crippen LogP contribution is 2.15. The van der Waals surface area contributed by atoms with Crippen LogP contribution in [0.15, 0.2) is 18.2 Å². The summed E-state index contributed by atoms with van der Waals surface area (Å²) in [5.41, 5.74) is 0. The van der Waals surface area contributed by atoms with Gasteiger partial charge in [-0.3, -0.25) is 0 Å². The number of halogens is 2. The molecule has 0 atom stereocenters. The largest absolute Gasteiger partial charge is 0.457 e. The molecular formula is C18H24F2O4. The number of carbonyl (C=O) groups excluding carboxylic acids is 2. The first kappa shape index (κ1) is 20.1. The Bertz CT molecular complexity index is 512. The fourth-order valence-corrected chi connectivity index (χ4v) is 2.20. The Balaban J connectivity index is 2.15. The van der Waals surface area contributed by atoms with E-state index in [1.165, 1.54) is 25.7 Å². The number of rotatable bonds is 10. The molecule has 0 heterocycles. The van der Waals surface area contributed by atoms with Crippen LogP contribution in [0.2, 0.25) is 0 Å². The predicted octanol–water partition coefficient (Wildman–Crippen LogP) is 4.55. The second kappa shape index (κ2) is 11.5. The molecule has 6 heteroatoms. The number of hydrogen-bond acceptors (Lipinski definition) is 4. The van der Waals surface area contributed by atoms with E-state index >= 15 is 0 Å². The van der Waals surface area contributed by atoms with Crippen molar-refractivity contribution in [3.05, 3.63) is 29.8 Å². The minimum atomic E-state index is -1.29. The van der Waals surface area contributed by atoms with Gasteiger partial charge in [0.25, 0.3) is 0 Å². The summed E-state index contributed by atoms with van der Waals surface area (Å²) in [5, 5.41) is 0. The second-order valence-corrected chi connectivity index (χ2v) is 5.61. The standard InChI is InChI=1S/C18H24F2O4/c1-2-3-4-5-6-7-8-9-10-23-17(21)18(22)24-16-12-14(19)11-15(20)13-16/h11-13H,2-10H2,1H3. The molecule has 0 amide bonds. The predicted molar refractivity (Wildman–Crippen MR) is 85.6 cm³/mol. The van der Waals surface area contributed by atoms with Crippen LogP contribution in [0.1, 0.15) is 58.3 Å². The molecule has 0 N–H and O–H groups in total. The lowest BCUT2D eigenvalue weighted by molar-refractivity contribution is -0.162. The number of ether oxygens (including phenoxy) is 2. The van der Waals surface area contributed by atoms with E-state index in [-0.39, 0.29) is 12.4 Å². The molecule has 0 saturated heterocycles. The van der Waals surface area contributed by atoms with Crippen LogP contribution in [0, 0.1) is 11.6 Å². The minimum Gasteiger partial charge on any atom is -0.457 e. The number of unbranched alkanes of at least 4 members (excludes halogenated alkanes) is 7. The third-order valence-electron chi connectivity index (χ3n) is 3.44. The van der Waals surface area contributed by atoms with Gasteiger partial charge in [-0.15, -0.1) is 0 Å². The van der Waals surface area contributed by atoms with Crippen molar-refractivity contribution in [1.29, 1.82) is 0 Å². The van der Waals surface area contributed by atoms with Gasteiger partial charge in [0, 0.05) is 18.2 Å². The molecule has 0 aliphatic rings. The molecule has 0 radical (unpaired) electrons. The lowest BCUT2D eigenvalue weighted by Crippen LogP contribution is -2.23. The van der Waals surface area contributed by atoms with E-state index in [4.69, 9.17) is 4.74 Å². The minimum absolute atomic E-state index is 0.125. The lowest BCUT2D eigenvalue weighted by Gasteiger charge is -2.06. The van der Waals surface area contributed by atoms with Gasteiger partial charge < -0.3 is 9.47 Å². The molecule has 0 spiro atoms. The molecular weight excluding hydrogens is 318 g/mol. The van der Waals surface area contributed by atoms with Gasteiger partial charge in [0.05, 0.1) is 6.61 Å². The summed E-state index contributed by atoms with van der Waals surface area (Å²) in [7, 11) is 0. The van der Waals surface area contributed by atoms with Crippen LogP contribution in [-0.4, -0.2) is 18.5 Å². The van der Waals surface area contributed by atoms with Gasteiger partial charge in [-0.25, -0.2) is 18.4 Å². The maximum absolute atomic E-state index is 13.0. The van der Waals surface area contributed by atoms with Gasteiger partial charge in [0.15, 0.2) is 0 Å². The van der Waals surface area contributed by atoms with E-state index in [1.54, 1.807) is 0 Å². The lowest BCUT2D eigenvalue weighted by atomic mass is 10.1. The highest BCUT2D eigenvalue weighted by molar-refractivity contribution is 6.30. The van der Waals surface area contributed by atoms with Crippen molar-refractivity contribution < 1.29 is 27.8 Å². The Kier molecular flexibility index (Phi) is 9.65. The van der Waals surface area contributed by atoms with Crippen molar-refractivity contribution in [3.63, 3.8) is 0 Å². The quantitative estimate of drug-likeness (QED) is 0.271. The average molecular weight is 342 g/mol. The summed E-state index contributed by atoms with van der Waals surface area (Å²) >= 11 is 0. The zero-order valence-corrected chi connectivity index (χ0v) is 14.0. The maximum atomic E-state index is 13.0. The number of hydrogen-bond donors (Lipinski definition) is 0. The maximum Gasteiger partial charge on any atom is 0.422 e. The molecule has 0 aliphatic carbocycles. The fraction of sp³-hybridized carbons (Fsp3) is 0.556. The Hall–Kier alpha value is -1.98. The van der Waals surface area contributed by atoms with Crippen LogP contribution in [0.25, 0.3) is 0 Å². The zero-order valence-electron chi connectivity index (χ0n) is 14.0. The van der Waals surface area contributed by atoms with Crippen molar-refractivity contribution >= 4 is 11.9 Å². The van der Waals surface area contributed by atoms with Crippen LogP contribution in [0.4, 0.5) is 8.78 Å². The summed E-state index contributed by atoms with van der Waals surface area (Å²) < 4.78 is 35.3. The van der Waals surface area contributed by atoms with Crippen molar-refractivity contribution in [2.75, 3.05) is 6.61 Å². The normalized spacial score (nSPS) is 10.5. The zero-order chi connectivity index (χ0) is 17.8. The second-order valence-electron chi connectivity index (χ2n) is 5.61. The molecule has 134 valence electrons. The molecule has 0 bridgehead atoms. The van der Waals surface area contributed by atoms with Gasteiger partial charge >= 0.3 is 11.9 Å². The van der Waals surface area contributed by atoms with Crippen LogP contribution in [0.5, 0.6) is 5.75 Å². The Morgan fingerprint density at radius 2 is 1.38 bits per heavy atom. The first-order valence-corrected chi connectivity index (χ1v) is 8.38. The van der Waals surface area contributed by atoms with Crippen LogP contribution in [-0.2, 0) is 14.3 Å². The summed E-state index contributed by atoms with van der Waals surface area (Å²) in [5.74, 6) is -4.63. The fourth-order valence-electron chi connectivity index (χ4n) is 2.20. The first-order valence-electron chi connectivity index (χ1n) is 8.38. The molecule has 24 heavy (non-hydrogen) atoms. The van der Waals surface area contributed by atoms with Crippen molar-refractivity contribution in [2.45, 2.75) is 58.3 Å². The Morgan fingerprint density at radius 1 is 0.833 bits per heavy atom. The van der Waals surface area contributed by atoms with Gasteiger partial charge in [0.1, 0.15) is 17.4 Å². The van der Waals surface area contributed by atoms with Gasteiger partial charge in [-0.2, -0.15) is 0 Å². The van der Waals surface area contributed by atoms with E-state index in [0.717, 1.165) is 31.4 Å². The van der Waals surface area contributed by atoms with E-state index in [2.05, 4.69) is 11.7 Å². The summed E-state index contributed by atoms with van der Waals surface area (Å²) in [6.45, 7) is 2.30. The topological polar surface area (TPSA) is 52.6 Å². The average Bonchev–Trinajstić information content (AvgIpc) is 2.52. The monoisotopic (exact) mass is 342 g/mol. The third kappa shape index (κ3) is 8.60. The first-order chi connectivity index (χ1) is 11.5. The molecule has 0 aromatic heterocycles. The SMILES string of the molecule is CCCCCCCCCCOC(=O)C(=O)Oc1cc(F)cc(F)c1. The number of carbonyl (C=O) groups is 2. The molecule has 1 aromatic rings. The van der Waals surface area contributed by atoms with Gasteiger partial charge in [-0.1, -0.05) is 51.9 Å². The van der Waals surface area contributed by atoms with E-state index in [0.29, 0.717) is 12.5 Å². The molecule has 1 aromatic carbocycles. The molecule has 1 rings (SSSR count). The number of benzene rings is 1. The van der Waals surface area contributed by atoms with Crippen molar-refractivity contribution in [3.8, 4) is 5.75 Å². The smallest absolute Gasteiger partial charge is 0.422 e. The molecule has 4 nitrogen and oxygen atoms in total. The summed E-state index contributed by atoms with van der Waals surface area (Å²) in [6.07, 6.45) is 8.74. The summed E-state index contributed by atoms with van der Waals surface area (Å²) in [4.78, 5) is 22.9. The third-order valence-corrected chi connectivity index (χ3v) is 3.44. The van der Waals surface area contributed by atoms with Crippen LogP contribution < -0.4 is 4.74 Å². The Morgan fingerprint density at radius 3 is 1.96 bits per heavy atom. The molecule has 0 aliphatic heterocycles. The van der Waals surface area contributed by atoms with E-state index < -0.39 is 23.6 Å². The van der Waals surface area contributed by atoms with Gasteiger partial charge in [-0.05, 0) is 6.42 Å². The molecule has 0 saturated carbocycles. The number of esters is 2.